The van der Waals surface area contributed by atoms with Crippen LogP contribution in [0.4, 0.5) is 0 Å². The van der Waals surface area contributed by atoms with Crippen LogP contribution in [-0.2, 0) is 14.8 Å². The standard InChI is InChI=1S/C16H23ClN2O4S/c1-3-8-23-14-9-11(2)13(17)10-15(14)24(21,22)19-6-4-12(5-7-19)16(18)20/h9-10,12H,3-8H2,1-2H3,(H2,18,20). The minimum atomic E-state index is -3.74. The van der Waals surface area contributed by atoms with Gasteiger partial charge in [-0.15, -0.1) is 0 Å². The molecule has 0 saturated carbocycles. The monoisotopic (exact) mass is 374 g/mol. The molecule has 0 spiro atoms. The number of halogens is 1. The molecule has 0 atom stereocenters. The second-order valence-corrected chi connectivity index (χ2v) is 8.29. The summed E-state index contributed by atoms with van der Waals surface area (Å²) < 4.78 is 33.0. The van der Waals surface area contributed by atoms with Crippen molar-refractivity contribution < 1.29 is 17.9 Å². The number of benzene rings is 1. The van der Waals surface area contributed by atoms with Gasteiger partial charge in [-0.3, -0.25) is 4.79 Å². The molecule has 2 N–H and O–H groups in total. The number of carbonyl (C=O) groups is 1. The molecule has 1 aliphatic heterocycles. The highest BCUT2D eigenvalue weighted by atomic mass is 35.5. The van der Waals surface area contributed by atoms with E-state index in [1.807, 2.05) is 6.92 Å². The Kier molecular flexibility index (Phi) is 6.11. The van der Waals surface area contributed by atoms with Crippen LogP contribution < -0.4 is 10.5 Å². The van der Waals surface area contributed by atoms with E-state index in [1.54, 1.807) is 13.0 Å². The summed E-state index contributed by atoms with van der Waals surface area (Å²) in [6.45, 7) is 4.69. The Hall–Kier alpha value is -1.31. The molecule has 0 radical (unpaired) electrons. The minimum absolute atomic E-state index is 0.0732. The summed E-state index contributed by atoms with van der Waals surface area (Å²) in [6, 6.07) is 3.10. The highest BCUT2D eigenvalue weighted by Crippen LogP contribution is 2.34. The Morgan fingerprint density at radius 1 is 1.38 bits per heavy atom. The summed E-state index contributed by atoms with van der Waals surface area (Å²) in [6.07, 6.45) is 1.63. The van der Waals surface area contributed by atoms with Crippen LogP contribution in [0.15, 0.2) is 17.0 Å². The molecule has 24 heavy (non-hydrogen) atoms. The molecule has 1 saturated heterocycles. The van der Waals surface area contributed by atoms with Crippen LogP contribution in [0.3, 0.4) is 0 Å². The molecule has 0 aromatic heterocycles. The Morgan fingerprint density at radius 2 is 2.00 bits per heavy atom. The lowest BCUT2D eigenvalue weighted by Crippen LogP contribution is -2.41. The van der Waals surface area contributed by atoms with Crippen molar-refractivity contribution in [2.24, 2.45) is 11.7 Å². The summed E-state index contributed by atoms with van der Waals surface area (Å²) >= 11 is 6.13. The zero-order valence-corrected chi connectivity index (χ0v) is 15.5. The van der Waals surface area contributed by atoms with Crippen molar-refractivity contribution in [3.8, 4) is 5.75 Å². The van der Waals surface area contributed by atoms with Crippen LogP contribution in [0.2, 0.25) is 5.02 Å². The van der Waals surface area contributed by atoms with Crippen molar-refractivity contribution in [3.63, 3.8) is 0 Å². The smallest absolute Gasteiger partial charge is 0.246 e. The maximum absolute atomic E-state index is 13.0. The maximum Gasteiger partial charge on any atom is 0.246 e. The highest BCUT2D eigenvalue weighted by molar-refractivity contribution is 7.89. The lowest BCUT2D eigenvalue weighted by atomic mass is 9.98. The SMILES string of the molecule is CCCOc1cc(C)c(Cl)cc1S(=O)(=O)N1CCC(C(N)=O)CC1. The second-order valence-electron chi connectivity index (χ2n) is 5.98. The highest BCUT2D eigenvalue weighted by Gasteiger charge is 2.33. The number of hydrogen-bond donors (Lipinski definition) is 1. The van der Waals surface area contributed by atoms with Gasteiger partial charge in [0.25, 0.3) is 0 Å². The largest absolute Gasteiger partial charge is 0.492 e. The fourth-order valence-corrected chi connectivity index (χ4v) is 4.52. The van der Waals surface area contributed by atoms with E-state index in [1.165, 1.54) is 10.4 Å². The molecule has 0 unspecified atom stereocenters. The molecule has 1 aromatic rings. The van der Waals surface area contributed by atoms with Gasteiger partial charge in [-0.05, 0) is 43.9 Å². The van der Waals surface area contributed by atoms with Crippen molar-refractivity contribution in [2.45, 2.75) is 38.0 Å². The van der Waals surface area contributed by atoms with Crippen molar-refractivity contribution >= 4 is 27.5 Å². The number of sulfonamides is 1. The number of amides is 1. The van der Waals surface area contributed by atoms with E-state index >= 15 is 0 Å². The van der Waals surface area contributed by atoms with Gasteiger partial charge >= 0.3 is 0 Å². The van der Waals surface area contributed by atoms with Crippen LogP contribution in [0.1, 0.15) is 31.7 Å². The first-order chi connectivity index (χ1) is 11.3. The van der Waals surface area contributed by atoms with Crippen molar-refractivity contribution in [2.75, 3.05) is 19.7 Å². The molecule has 0 aliphatic carbocycles. The Morgan fingerprint density at radius 3 is 2.54 bits per heavy atom. The third-order valence-electron chi connectivity index (χ3n) is 4.16. The first-order valence-corrected chi connectivity index (χ1v) is 9.81. The maximum atomic E-state index is 13.0. The number of aryl methyl sites for hydroxylation is 1. The third kappa shape index (κ3) is 4.02. The van der Waals surface area contributed by atoms with Crippen molar-refractivity contribution in [1.29, 1.82) is 0 Å². The molecule has 6 nitrogen and oxygen atoms in total. The van der Waals surface area contributed by atoms with Crippen LogP contribution in [0, 0.1) is 12.8 Å². The van der Waals surface area contributed by atoms with Gasteiger partial charge in [-0.25, -0.2) is 8.42 Å². The van der Waals surface area contributed by atoms with Gasteiger partial charge in [0, 0.05) is 24.0 Å². The van der Waals surface area contributed by atoms with E-state index < -0.39 is 10.0 Å². The Labute approximate surface area is 148 Å². The molecule has 1 heterocycles. The molecule has 0 bridgehead atoms. The average molecular weight is 375 g/mol. The summed E-state index contributed by atoms with van der Waals surface area (Å²) in [5.74, 6) is -0.331. The van der Waals surface area contributed by atoms with E-state index in [-0.39, 0.29) is 29.8 Å². The number of hydrogen-bond acceptors (Lipinski definition) is 4. The average Bonchev–Trinajstić information content (AvgIpc) is 2.55. The van der Waals surface area contributed by atoms with Gasteiger partial charge in [0.15, 0.2) is 0 Å². The van der Waals surface area contributed by atoms with Crippen LogP contribution in [0.5, 0.6) is 5.75 Å². The summed E-state index contributed by atoms with van der Waals surface area (Å²) in [5, 5.41) is 0.379. The quantitative estimate of drug-likeness (QED) is 0.827. The number of carbonyl (C=O) groups excluding carboxylic acids is 1. The van der Waals surface area contributed by atoms with Crippen LogP contribution >= 0.6 is 11.6 Å². The van der Waals surface area contributed by atoms with Gasteiger partial charge in [0.1, 0.15) is 10.6 Å². The number of nitrogens with zero attached hydrogens (tertiary/aromatic N) is 1. The molecule has 1 aromatic carbocycles. The normalized spacial score (nSPS) is 17.0. The number of piperidine rings is 1. The molecule has 2 rings (SSSR count). The van der Waals surface area contributed by atoms with Crippen LogP contribution in [-0.4, -0.2) is 38.3 Å². The lowest BCUT2D eigenvalue weighted by molar-refractivity contribution is -0.122. The van der Waals surface area contributed by atoms with Crippen molar-refractivity contribution in [1.82, 2.24) is 4.31 Å². The lowest BCUT2D eigenvalue weighted by Gasteiger charge is -2.30. The fraction of sp³-hybridized carbons (Fsp3) is 0.562. The first-order valence-electron chi connectivity index (χ1n) is 7.99. The molecule has 1 amide bonds. The number of ether oxygens (including phenoxy) is 1. The van der Waals surface area contributed by atoms with E-state index in [2.05, 4.69) is 0 Å². The van der Waals surface area contributed by atoms with E-state index in [0.717, 1.165) is 12.0 Å². The predicted molar refractivity (Wildman–Crippen MR) is 92.7 cm³/mol. The van der Waals surface area contributed by atoms with E-state index in [0.29, 0.717) is 30.2 Å². The predicted octanol–water partition coefficient (Wildman–Crippen LogP) is 2.32. The summed E-state index contributed by atoms with van der Waals surface area (Å²) in [4.78, 5) is 11.3. The molecular formula is C16H23ClN2O4S. The van der Waals surface area contributed by atoms with Gasteiger partial charge in [-0.2, -0.15) is 4.31 Å². The zero-order valence-electron chi connectivity index (χ0n) is 13.9. The third-order valence-corrected chi connectivity index (χ3v) is 6.49. The second kappa shape index (κ2) is 7.72. The van der Waals surface area contributed by atoms with Gasteiger partial charge < -0.3 is 10.5 Å². The van der Waals surface area contributed by atoms with Gasteiger partial charge in [-0.1, -0.05) is 18.5 Å². The van der Waals surface area contributed by atoms with E-state index in [4.69, 9.17) is 22.1 Å². The number of nitrogens with two attached hydrogens (primary N) is 1. The molecule has 1 aliphatic rings. The van der Waals surface area contributed by atoms with Crippen molar-refractivity contribution in [3.05, 3.63) is 22.7 Å². The summed E-state index contributed by atoms with van der Waals surface area (Å²) in [5.41, 5.74) is 6.06. The molecule has 1 fully saturated rings. The molecular weight excluding hydrogens is 352 g/mol. The Bertz CT molecular complexity index is 713. The zero-order chi connectivity index (χ0) is 17.9. The Balaban J connectivity index is 2.32. The first kappa shape index (κ1) is 19.0. The number of primary amides is 1. The fourth-order valence-electron chi connectivity index (χ4n) is 2.68. The van der Waals surface area contributed by atoms with Crippen LogP contribution in [0.25, 0.3) is 0 Å². The van der Waals surface area contributed by atoms with Gasteiger partial charge in [0.2, 0.25) is 15.9 Å². The van der Waals surface area contributed by atoms with E-state index in [9.17, 15) is 13.2 Å². The van der Waals surface area contributed by atoms with Gasteiger partial charge in [0.05, 0.1) is 6.61 Å². The molecule has 8 heteroatoms. The summed E-state index contributed by atoms with van der Waals surface area (Å²) in [7, 11) is -3.74. The minimum Gasteiger partial charge on any atom is -0.492 e. The molecule has 134 valence electrons. The topological polar surface area (TPSA) is 89.7 Å². The number of rotatable bonds is 6.